The van der Waals surface area contributed by atoms with Crippen molar-refractivity contribution in [2.24, 2.45) is 0 Å². The highest BCUT2D eigenvalue weighted by Gasteiger charge is 2.01. The predicted octanol–water partition coefficient (Wildman–Crippen LogP) is 2.22. The van der Waals surface area contributed by atoms with E-state index < -0.39 is 0 Å². The monoisotopic (exact) mass is 134 g/mol. The van der Waals surface area contributed by atoms with Gasteiger partial charge in [0.1, 0.15) is 11.9 Å². The first-order valence-electron chi connectivity index (χ1n) is 3.32. The fourth-order valence-electron chi connectivity index (χ4n) is 0.983. The minimum atomic E-state index is 0.905. The lowest BCUT2D eigenvalue weighted by molar-refractivity contribution is 0.363. The van der Waals surface area contributed by atoms with E-state index in [9.17, 15) is 0 Å². The Hall–Kier alpha value is -1.16. The molecule has 0 radical (unpaired) electrons. The maximum Gasteiger partial charge on any atom is 0.117 e. The van der Waals surface area contributed by atoms with Crippen molar-refractivity contribution in [3.8, 4) is 12.5 Å². The van der Waals surface area contributed by atoms with Crippen molar-refractivity contribution in [3.05, 3.63) is 23.5 Å². The minimum Gasteiger partial charge on any atom is -0.412 e. The molecule has 0 fully saturated rings. The fourth-order valence-corrected chi connectivity index (χ4v) is 0.983. The third kappa shape index (κ3) is 1.66. The zero-order valence-electron chi connectivity index (χ0n) is 6.05. The van der Waals surface area contributed by atoms with Crippen molar-refractivity contribution < 1.29 is 4.74 Å². The SMILES string of the molecule is C#COC1=CC(C)=CCC1. The molecule has 10 heavy (non-hydrogen) atoms. The fraction of sp³-hybridized carbons (Fsp3) is 0.333. The highest BCUT2D eigenvalue weighted by Crippen LogP contribution is 2.16. The van der Waals surface area contributed by atoms with Gasteiger partial charge in [0.05, 0.1) is 0 Å². The molecule has 0 N–H and O–H groups in total. The van der Waals surface area contributed by atoms with Crippen molar-refractivity contribution >= 4 is 0 Å². The van der Waals surface area contributed by atoms with Crippen LogP contribution in [0.5, 0.6) is 0 Å². The van der Waals surface area contributed by atoms with Gasteiger partial charge in [0.2, 0.25) is 0 Å². The van der Waals surface area contributed by atoms with E-state index >= 15 is 0 Å². The van der Waals surface area contributed by atoms with E-state index in [1.807, 2.05) is 13.0 Å². The van der Waals surface area contributed by atoms with Crippen LogP contribution in [0.3, 0.4) is 0 Å². The molecule has 1 nitrogen and oxygen atoms in total. The largest absolute Gasteiger partial charge is 0.412 e. The van der Waals surface area contributed by atoms with Crippen molar-refractivity contribution in [1.82, 2.24) is 0 Å². The van der Waals surface area contributed by atoms with E-state index in [1.165, 1.54) is 5.57 Å². The topological polar surface area (TPSA) is 9.23 Å². The van der Waals surface area contributed by atoms with Gasteiger partial charge in [-0.2, -0.15) is 0 Å². The Balaban J connectivity index is 2.62. The van der Waals surface area contributed by atoms with Crippen molar-refractivity contribution in [3.63, 3.8) is 0 Å². The van der Waals surface area contributed by atoms with Gasteiger partial charge < -0.3 is 4.74 Å². The van der Waals surface area contributed by atoms with Crippen LogP contribution in [-0.2, 0) is 4.74 Å². The first-order valence-corrected chi connectivity index (χ1v) is 3.32. The quantitative estimate of drug-likeness (QED) is 0.499. The Labute approximate surface area is 61.4 Å². The smallest absolute Gasteiger partial charge is 0.117 e. The number of hydrogen-bond acceptors (Lipinski definition) is 1. The van der Waals surface area contributed by atoms with Crippen LogP contribution in [0, 0.1) is 12.5 Å². The summed E-state index contributed by atoms with van der Waals surface area (Å²) in [6.45, 7) is 2.04. The summed E-state index contributed by atoms with van der Waals surface area (Å²) in [4.78, 5) is 0. The standard InChI is InChI=1S/C9H10O/c1-3-10-9-6-4-5-8(2)7-9/h1,5,7H,4,6H2,2H3. The van der Waals surface area contributed by atoms with Crippen molar-refractivity contribution in [2.75, 3.05) is 0 Å². The molecular weight excluding hydrogens is 124 g/mol. The lowest BCUT2D eigenvalue weighted by atomic mass is 10.1. The lowest BCUT2D eigenvalue weighted by Crippen LogP contribution is -1.91. The average Bonchev–Trinajstić information content (AvgIpc) is 1.88. The summed E-state index contributed by atoms with van der Waals surface area (Å²) in [6, 6.07) is 0. The van der Waals surface area contributed by atoms with E-state index in [-0.39, 0.29) is 0 Å². The van der Waals surface area contributed by atoms with Crippen LogP contribution < -0.4 is 0 Å². The van der Waals surface area contributed by atoms with E-state index in [2.05, 4.69) is 12.2 Å². The summed E-state index contributed by atoms with van der Waals surface area (Å²) in [5, 5.41) is 0. The van der Waals surface area contributed by atoms with E-state index in [0.717, 1.165) is 18.6 Å². The molecule has 1 aliphatic carbocycles. The summed E-state index contributed by atoms with van der Waals surface area (Å²) in [6.07, 6.45) is 13.3. The van der Waals surface area contributed by atoms with Gasteiger partial charge in [-0.3, -0.25) is 0 Å². The number of terminal acetylenes is 1. The highest BCUT2D eigenvalue weighted by molar-refractivity contribution is 5.23. The molecule has 0 heterocycles. The summed E-state index contributed by atoms with van der Waals surface area (Å²) >= 11 is 0. The summed E-state index contributed by atoms with van der Waals surface area (Å²) in [5.74, 6) is 0.905. The van der Waals surface area contributed by atoms with Gasteiger partial charge in [0, 0.05) is 6.42 Å². The first kappa shape index (κ1) is 6.95. The molecule has 1 aliphatic rings. The molecule has 0 aromatic heterocycles. The summed E-state index contributed by atoms with van der Waals surface area (Å²) in [5.41, 5.74) is 1.23. The lowest BCUT2D eigenvalue weighted by Gasteiger charge is -2.07. The molecule has 1 rings (SSSR count). The number of hydrogen-bond donors (Lipinski definition) is 0. The second-order valence-electron chi connectivity index (χ2n) is 2.32. The van der Waals surface area contributed by atoms with Gasteiger partial charge in [-0.15, -0.1) is 0 Å². The molecular formula is C9H10O. The highest BCUT2D eigenvalue weighted by atomic mass is 16.5. The zero-order valence-corrected chi connectivity index (χ0v) is 6.05. The van der Waals surface area contributed by atoms with E-state index in [1.54, 1.807) is 0 Å². The maximum atomic E-state index is 4.97. The van der Waals surface area contributed by atoms with E-state index in [0.29, 0.717) is 0 Å². The normalized spacial score (nSPS) is 16.8. The van der Waals surface area contributed by atoms with Crippen LogP contribution in [0.4, 0.5) is 0 Å². The predicted molar refractivity (Wildman–Crippen MR) is 41.0 cm³/mol. The molecule has 1 heteroatoms. The Kier molecular flexibility index (Phi) is 2.17. The second-order valence-corrected chi connectivity index (χ2v) is 2.32. The Morgan fingerprint density at radius 1 is 1.70 bits per heavy atom. The molecule has 52 valence electrons. The van der Waals surface area contributed by atoms with Crippen LogP contribution >= 0.6 is 0 Å². The Morgan fingerprint density at radius 2 is 2.50 bits per heavy atom. The molecule has 0 unspecified atom stereocenters. The summed E-state index contributed by atoms with van der Waals surface area (Å²) in [7, 11) is 0. The van der Waals surface area contributed by atoms with Crippen LogP contribution in [0.2, 0.25) is 0 Å². The number of rotatable bonds is 1. The number of ether oxygens (including phenoxy) is 1. The van der Waals surface area contributed by atoms with Gasteiger partial charge in [-0.05, 0) is 19.4 Å². The number of allylic oxidation sites excluding steroid dienone is 4. The molecule has 0 aromatic carbocycles. The van der Waals surface area contributed by atoms with Crippen molar-refractivity contribution in [1.29, 1.82) is 0 Å². The second kappa shape index (κ2) is 3.12. The van der Waals surface area contributed by atoms with Crippen LogP contribution in [0.1, 0.15) is 19.8 Å². The maximum absolute atomic E-state index is 4.97. The average molecular weight is 134 g/mol. The molecule has 0 aromatic rings. The molecule has 0 spiro atoms. The first-order chi connectivity index (χ1) is 4.83. The molecule has 0 saturated heterocycles. The van der Waals surface area contributed by atoms with Crippen molar-refractivity contribution in [2.45, 2.75) is 19.8 Å². The van der Waals surface area contributed by atoms with Gasteiger partial charge >= 0.3 is 0 Å². The van der Waals surface area contributed by atoms with Gasteiger partial charge in [0.15, 0.2) is 0 Å². The molecule has 0 aliphatic heterocycles. The summed E-state index contributed by atoms with van der Waals surface area (Å²) < 4.78 is 4.90. The van der Waals surface area contributed by atoms with Crippen LogP contribution in [0.25, 0.3) is 0 Å². The third-order valence-electron chi connectivity index (χ3n) is 1.44. The Morgan fingerprint density at radius 3 is 3.10 bits per heavy atom. The van der Waals surface area contributed by atoms with Crippen LogP contribution in [0.15, 0.2) is 23.5 Å². The molecule has 0 bridgehead atoms. The van der Waals surface area contributed by atoms with Gasteiger partial charge in [0.25, 0.3) is 0 Å². The van der Waals surface area contributed by atoms with E-state index in [4.69, 9.17) is 11.2 Å². The Bertz CT molecular complexity index is 215. The van der Waals surface area contributed by atoms with Gasteiger partial charge in [-0.25, -0.2) is 0 Å². The molecule has 0 amide bonds. The van der Waals surface area contributed by atoms with Crippen LogP contribution in [-0.4, -0.2) is 0 Å². The molecule has 0 saturated carbocycles. The third-order valence-corrected chi connectivity index (χ3v) is 1.44. The van der Waals surface area contributed by atoms with Gasteiger partial charge in [-0.1, -0.05) is 18.1 Å². The molecule has 0 atom stereocenters. The zero-order chi connectivity index (χ0) is 7.40. The minimum absolute atomic E-state index is 0.905.